The molecule has 2 aromatic rings. The van der Waals surface area contributed by atoms with Gasteiger partial charge in [-0.1, -0.05) is 6.92 Å². The molecule has 0 unspecified atom stereocenters. The van der Waals surface area contributed by atoms with Gasteiger partial charge in [0.25, 0.3) is 0 Å². The van der Waals surface area contributed by atoms with Crippen LogP contribution >= 0.6 is 0 Å². The Bertz CT molecular complexity index is 574. The van der Waals surface area contributed by atoms with E-state index in [9.17, 15) is 4.79 Å². The molecule has 2 aromatic heterocycles. The second-order valence-electron chi connectivity index (χ2n) is 4.27. The highest BCUT2D eigenvalue weighted by atomic mass is 16.5. The van der Waals surface area contributed by atoms with Crippen LogP contribution in [0, 0.1) is 0 Å². The molecule has 2 N–H and O–H groups in total. The van der Waals surface area contributed by atoms with E-state index in [1.165, 1.54) is 0 Å². The summed E-state index contributed by atoms with van der Waals surface area (Å²) in [7, 11) is 0. The van der Waals surface area contributed by atoms with Crippen molar-refractivity contribution in [3.63, 3.8) is 0 Å². The number of hydrogen-bond donors (Lipinski definition) is 1. The van der Waals surface area contributed by atoms with E-state index in [1.54, 1.807) is 22.5 Å². The second kappa shape index (κ2) is 6.23. The fourth-order valence-electron chi connectivity index (χ4n) is 2.00. The normalized spacial score (nSPS) is 10.7. The Balaban J connectivity index is 2.19. The topological polar surface area (TPSA) is 88.0 Å². The monoisotopic (exact) mass is 277 g/mol. The van der Waals surface area contributed by atoms with Crippen molar-refractivity contribution in [3.8, 4) is 0 Å². The van der Waals surface area contributed by atoms with Crippen molar-refractivity contribution in [2.45, 2.75) is 33.4 Å². The molecule has 20 heavy (non-hydrogen) atoms. The molecule has 0 atom stereocenters. The van der Waals surface area contributed by atoms with E-state index in [1.807, 2.05) is 19.2 Å². The minimum atomic E-state index is -0.410. The maximum atomic E-state index is 11.9. The lowest BCUT2D eigenvalue weighted by molar-refractivity contribution is 0.0526. The number of nitrogens with two attached hydrogens (primary N) is 1. The third-order valence-corrected chi connectivity index (χ3v) is 2.98. The Kier molecular flexibility index (Phi) is 4.39. The number of anilines is 1. The molecule has 0 spiro atoms. The third kappa shape index (κ3) is 2.81. The zero-order valence-electron chi connectivity index (χ0n) is 11.7. The number of rotatable bonds is 6. The average molecular weight is 277 g/mol. The second-order valence-corrected chi connectivity index (χ2v) is 4.27. The molecule has 0 fully saturated rings. The molecular formula is C13H19N5O2. The summed E-state index contributed by atoms with van der Waals surface area (Å²) in [4.78, 5) is 11.9. The van der Waals surface area contributed by atoms with E-state index in [0.717, 1.165) is 0 Å². The highest BCUT2D eigenvalue weighted by molar-refractivity contribution is 5.95. The zero-order chi connectivity index (χ0) is 14.5. The summed E-state index contributed by atoms with van der Waals surface area (Å²) in [6.07, 6.45) is 4.22. The van der Waals surface area contributed by atoms with Gasteiger partial charge in [-0.3, -0.25) is 4.68 Å². The number of aryl methyl sites for hydroxylation is 3. The van der Waals surface area contributed by atoms with Crippen LogP contribution in [0.4, 0.5) is 5.82 Å². The average Bonchev–Trinajstić information content (AvgIpc) is 3.04. The fraction of sp³-hybridized carbons (Fsp3) is 0.462. The van der Waals surface area contributed by atoms with E-state index in [0.29, 0.717) is 43.2 Å². The summed E-state index contributed by atoms with van der Waals surface area (Å²) >= 11 is 0. The molecule has 2 heterocycles. The van der Waals surface area contributed by atoms with Crippen LogP contribution in [-0.2, 0) is 24.2 Å². The quantitative estimate of drug-likeness (QED) is 0.799. The maximum absolute atomic E-state index is 11.9. The van der Waals surface area contributed by atoms with Gasteiger partial charge in [-0.2, -0.15) is 10.2 Å². The van der Waals surface area contributed by atoms with Crippen LogP contribution < -0.4 is 5.73 Å². The van der Waals surface area contributed by atoms with Crippen molar-refractivity contribution in [1.29, 1.82) is 0 Å². The van der Waals surface area contributed by atoms with Crippen LogP contribution in [0.3, 0.4) is 0 Å². The van der Waals surface area contributed by atoms with Crippen LogP contribution in [0.1, 0.15) is 29.9 Å². The predicted molar refractivity (Wildman–Crippen MR) is 74.2 cm³/mol. The van der Waals surface area contributed by atoms with Gasteiger partial charge in [-0.25, -0.2) is 9.48 Å². The fourth-order valence-corrected chi connectivity index (χ4v) is 2.00. The van der Waals surface area contributed by atoms with Crippen LogP contribution in [0.25, 0.3) is 0 Å². The number of esters is 1. The van der Waals surface area contributed by atoms with Gasteiger partial charge in [0.2, 0.25) is 0 Å². The number of hydrogen-bond acceptors (Lipinski definition) is 5. The summed E-state index contributed by atoms with van der Waals surface area (Å²) in [5.41, 5.74) is 7.07. The molecule has 0 aliphatic rings. The molecule has 0 aromatic carbocycles. The van der Waals surface area contributed by atoms with Crippen LogP contribution in [0.5, 0.6) is 0 Å². The first-order valence-corrected chi connectivity index (χ1v) is 6.67. The first-order valence-electron chi connectivity index (χ1n) is 6.67. The number of carbonyl (C=O) groups excluding carboxylic acids is 1. The third-order valence-electron chi connectivity index (χ3n) is 2.98. The smallest absolute Gasteiger partial charge is 0.343 e. The Morgan fingerprint density at radius 1 is 1.40 bits per heavy atom. The molecule has 0 radical (unpaired) electrons. The van der Waals surface area contributed by atoms with Crippen molar-refractivity contribution < 1.29 is 9.53 Å². The SMILES string of the molecule is CCOC(=O)c1c(CC)nn(CCn2cccn2)c1N. The molecule has 0 bridgehead atoms. The van der Waals surface area contributed by atoms with Gasteiger partial charge in [0.05, 0.1) is 25.4 Å². The summed E-state index contributed by atoms with van der Waals surface area (Å²) in [6.45, 7) is 5.22. The van der Waals surface area contributed by atoms with Crippen molar-refractivity contribution in [3.05, 3.63) is 29.7 Å². The minimum absolute atomic E-state index is 0.319. The van der Waals surface area contributed by atoms with Crippen molar-refractivity contribution in [2.24, 2.45) is 0 Å². The number of ether oxygens (including phenoxy) is 1. The minimum Gasteiger partial charge on any atom is -0.462 e. The van der Waals surface area contributed by atoms with Crippen LogP contribution in [0.2, 0.25) is 0 Å². The molecule has 7 heteroatoms. The lowest BCUT2D eigenvalue weighted by Gasteiger charge is -2.05. The summed E-state index contributed by atoms with van der Waals surface area (Å²) in [6, 6.07) is 1.86. The number of carbonyl (C=O) groups is 1. The van der Waals surface area contributed by atoms with E-state index in [2.05, 4.69) is 10.2 Å². The van der Waals surface area contributed by atoms with Crippen LogP contribution in [-0.4, -0.2) is 32.1 Å². The summed E-state index contributed by atoms with van der Waals surface area (Å²) in [5, 5.41) is 8.50. The summed E-state index contributed by atoms with van der Waals surface area (Å²) in [5.74, 6) is -0.0559. The number of nitrogens with zero attached hydrogens (tertiary/aromatic N) is 4. The van der Waals surface area contributed by atoms with Gasteiger partial charge in [0, 0.05) is 12.4 Å². The van der Waals surface area contributed by atoms with E-state index in [4.69, 9.17) is 10.5 Å². The standard InChI is InChI=1S/C13H19N5O2/c1-3-10-11(13(19)20-4-2)12(14)18(16-10)9-8-17-7-5-6-15-17/h5-7H,3-4,8-9,14H2,1-2H3. The maximum Gasteiger partial charge on any atom is 0.343 e. The van der Waals surface area contributed by atoms with Crippen molar-refractivity contribution >= 4 is 11.8 Å². The lowest BCUT2D eigenvalue weighted by atomic mass is 10.2. The van der Waals surface area contributed by atoms with Crippen molar-refractivity contribution in [2.75, 3.05) is 12.3 Å². The van der Waals surface area contributed by atoms with E-state index >= 15 is 0 Å². The first-order chi connectivity index (χ1) is 9.67. The molecule has 2 rings (SSSR count). The molecule has 0 aliphatic carbocycles. The van der Waals surface area contributed by atoms with E-state index < -0.39 is 5.97 Å². The van der Waals surface area contributed by atoms with Gasteiger partial charge >= 0.3 is 5.97 Å². The Morgan fingerprint density at radius 2 is 2.20 bits per heavy atom. The number of nitrogen functional groups attached to an aromatic ring is 1. The first kappa shape index (κ1) is 14.1. The van der Waals surface area contributed by atoms with Gasteiger partial charge < -0.3 is 10.5 Å². The highest BCUT2D eigenvalue weighted by Gasteiger charge is 2.21. The summed E-state index contributed by atoms with van der Waals surface area (Å²) < 4.78 is 8.45. The van der Waals surface area contributed by atoms with Gasteiger partial charge in [-0.05, 0) is 19.4 Å². The largest absolute Gasteiger partial charge is 0.462 e. The van der Waals surface area contributed by atoms with Crippen molar-refractivity contribution in [1.82, 2.24) is 19.6 Å². The highest BCUT2D eigenvalue weighted by Crippen LogP contribution is 2.19. The molecule has 0 saturated carbocycles. The predicted octanol–water partition coefficient (Wildman–Crippen LogP) is 1.10. The number of aromatic nitrogens is 4. The van der Waals surface area contributed by atoms with Gasteiger partial charge in [0.1, 0.15) is 11.4 Å². The molecule has 0 amide bonds. The van der Waals surface area contributed by atoms with Gasteiger partial charge in [-0.15, -0.1) is 0 Å². The van der Waals surface area contributed by atoms with Crippen LogP contribution in [0.15, 0.2) is 18.5 Å². The Morgan fingerprint density at radius 3 is 2.80 bits per heavy atom. The Labute approximate surface area is 117 Å². The Hall–Kier alpha value is -2.31. The molecular weight excluding hydrogens is 258 g/mol. The lowest BCUT2D eigenvalue weighted by Crippen LogP contribution is -2.13. The van der Waals surface area contributed by atoms with Gasteiger partial charge in [0.15, 0.2) is 0 Å². The molecule has 0 aliphatic heterocycles. The molecule has 7 nitrogen and oxygen atoms in total. The molecule has 108 valence electrons. The molecule has 0 saturated heterocycles. The van der Waals surface area contributed by atoms with E-state index in [-0.39, 0.29) is 0 Å². The zero-order valence-corrected chi connectivity index (χ0v) is 11.7.